The van der Waals surface area contributed by atoms with Crippen molar-refractivity contribution in [3.63, 3.8) is 0 Å². The summed E-state index contributed by atoms with van der Waals surface area (Å²) in [7, 11) is 0. The van der Waals surface area contributed by atoms with Gasteiger partial charge >= 0.3 is 0 Å². The van der Waals surface area contributed by atoms with E-state index in [0.29, 0.717) is 0 Å². The van der Waals surface area contributed by atoms with Crippen molar-refractivity contribution in [2.24, 2.45) is 0 Å². The third-order valence-electron chi connectivity index (χ3n) is 2.95. The van der Waals surface area contributed by atoms with Crippen molar-refractivity contribution in [1.29, 1.82) is 0 Å². The first-order chi connectivity index (χ1) is 7.38. The Balaban J connectivity index is 1.80. The lowest BCUT2D eigenvalue weighted by atomic mass is 10.1. The van der Waals surface area contributed by atoms with Crippen LogP contribution in [0, 0.1) is 0 Å². The van der Waals surface area contributed by atoms with E-state index in [4.69, 9.17) is 0 Å². The van der Waals surface area contributed by atoms with E-state index in [0.717, 1.165) is 19.5 Å². The molecule has 1 fully saturated rings. The standard InChI is InChI=1S/C13H20N2/c1-2-3-12-4-6-13(7-5-12)8-10-15-11-9-14-15/h4-7,14H,2-3,8-11H2,1H3. The molecule has 0 saturated carbocycles. The van der Waals surface area contributed by atoms with Crippen LogP contribution in [0.25, 0.3) is 0 Å². The van der Waals surface area contributed by atoms with E-state index in [9.17, 15) is 0 Å². The second-order valence-electron chi connectivity index (χ2n) is 4.21. The fraction of sp³-hybridized carbons (Fsp3) is 0.538. The average Bonchev–Trinajstić information content (AvgIpc) is 2.19. The molecule has 0 radical (unpaired) electrons. The molecule has 1 heterocycles. The Bertz CT molecular complexity index is 288. The van der Waals surface area contributed by atoms with E-state index in [1.807, 2.05) is 0 Å². The van der Waals surface area contributed by atoms with Crippen LogP contribution in [0.3, 0.4) is 0 Å². The van der Waals surface area contributed by atoms with Crippen LogP contribution >= 0.6 is 0 Å². The predicted molar refractivity (Wildman–Crippen MR) is 63.7 cm³/mol. The third kappa shape index (κ3) is 3.05. The average molecular weight is 204 g/mol. The lowest BCUT2D eigenvalue weighted by Crippen LogP contribution is -2.54. The fourth-order valence-electron chi connectivity index (χ4n) is 1.89. The van der Waals surface area contributed by atoms with Gasteiger partial charge in [-0.1, -0.05) is 37.6 Å². The minimum Gasteiger partial charge on any atom is -0.254 e. The zero-order valence-corrected chi connectivity index (χ0v) is 9.50. The van der Waals surface area contributed by atoms with Gasteiger partial charge in [-0.25, -0.2) is 5.01 Å². The maximum absolute atomic E-state index is 3.28. The molecule has 82 valence electrons. The van der Waals surface area contributed by atoms with Crippen molar-refractivity contribution >= 4 is 0 Å². The Morgan fingerprint density at radius 2 is 1.73 bits per heavy atom. The second-order valence-corrected chi connectivity index (χ2v) is 4.21. The van der Waals surface area contributed by atoms with E-state index < -0.39 is 0 Å². The second kappa shape index (κ2) is 5.29. The molecule has 2 rings (SSSR count). The highest BCUT2D eigenvalue weighted by atomic mass is 15.6. The molecule has 1 N–H and O–H groups in total. The summed E-state index contributed by atoms with van der Waals surface area (Å²) in [6.45, 7) is 5.71. The van der Waals surface area contributed by atoms with Gasteiger partial charge in [0, 0.05) is 19.6 Å². The molecular formula is C13H20N2. The van der Waals surface area contributed by atoms with Gasteiger partial charge < -0.3 is 0 Å². The Morgan fingerprint density at radius 1 is 1.13 bits per heavy atom. The highest BCUT2D eigenvalue weighted by molar-refractivity contribution is 5.22. The Labute approximate surface area is 92.3 Å². The van der Waals surface area contributed by atoms with Crippen molar-refractivity contribution in [2.75, 3.05) is 19.6 Å². The molecule has 0 amide bonds. The molecule has 0 atom stereocenters. The summed E-state index contributed by atoms with van der Waals surface area (Å²) in [5.41, 5.74) is 6.19. The van der Waals surface area contributed by atoms with Crippen LogP contribution in [0.1, 0.15) is 24.5 Å². The molecule has 0 aliphatic carbocycles. The van der Waals surface area contributed by atoms with E-state index >= 15 is 0 Å². The van der Waals surface area contributed by atoms with Crippen LogP contribution in [0.5, 0.6) is 0 Å². The van der Waals surface area contributed by atoms with E-state index in [-0.39, 0.29) is 0 Å². The molecule has 0 spiro atoms. The van der Waals surface area contributed by atoms with Gasteiger partial charge in [-0.3, -0.25) is 5.43 Å². The number of nitrogens with one attached hydrogen (secondary N) is 1. The van der Waals surface area contributed by atoms with Crippen LogP contribution in [0.15, 0.2) is 24.3 Å². The predicted octanol–water partition coefficient (Wildman–Crippen LogP) is 2.00. The summed E-state index contributed by atoms with van der Waals surface area (Å²) < 4.78 is 0. The summed E-state index contributed by atoms with van der Waals surface area (Å²) in [5, 5.41) is 2.28. The van der Waals surface area contributed by atoms with Gasteiger partial charge in [0.25, 0.3) is 0 Å². The molecule has 0 aromatic heterocycles. The molecule has 1 aromatic carbocycles. The van der Waals surface area contributed by atoms with Gasteiger partial charge in [0.05, 0.1) is 0 Å². The Morgan fingerprint density at radius 3 is 2.20 bits per heavy atom. The van der Waals surface area contributed by atoms with E-state index in [1.54, 1.807) is 0 Å². The number of hydrogen-bond donors (Lipinski definition) is 1. The normalized spacial score (nSPS) is 16.3. The monoisotopic (exact) mass is 204 g/mol. The number of rotatable bonds is 5. The van der Waals surface area contributed by atoms with Crippen molar-refractivity contribution < 1.29 is 0 Å². The zero-order valence-electron chi connectivity index (χ0n) is 9.50. The largest absolute Gasteiger partial charge is 0.254 e. The van der Waals surface area contributed by atoms with Crippen molar-refractivity contribution in [3.8, 4) is 0 Å². The van der Waals surface area contributed by atoms with Gasteiger partial charge in [-0.15, -0.1) is 0 Å². The SMILES string of the molecule is CCCc1ccc(CCN2CCN2)cc1. The highest BCUT2D eigenvalue weighted by Crippen LogP contribution is 2.08. The minimum atomic E-state index is 1.13. The highest BCUT2D eigenvalue weighted by Gasteiger charge is 2.11. The van der Waals surface area contributed by atoms with Crippen LogP contribution in [-0.4, -0.2) is 24.6 Å². The number of hydrogen-bond acceptors (Lipinski definition) is 2. The molecule has 1 aliphatic heterocycles. The van der Waals surface area contributed by atoms with Crippen molar-refractivity contribution in [1.82, 2.24) is 10.4 Å². The van der Waals surface area contributed by atoms with Gasteiger partial charge in [-0.2, -0.15) is 0 Å². The lowest BCUT2D eigenvalue weighted by Gasteiger charge is -2.31. The Kier molecular flexibility index (Phi) is 3.75. The number of nitrogens with zero attached hydrogens (tertiary/aromatic N) is 1. The van der Waals surface area contributed by atoms with Crippen molar-refractivity contribution in [3.05, 3.63) is 35.4 Å². The van der Waals surface area contributed by atoms with E-state index in [2.05, 4.69) is 41.6 Å². The van der Waals surface area contributed by atoms with Gasteiger partial charge in [0.2, 0.25) is 0 Å². The summed E-state index contributed by atoms with van der Waals surface area (Å²) in [6, 6.07) is 9.07. The molecular weight excluding hydrogens is 184 g/mol. The molecule has 15 heavy (non-hydrogen) atoms. The maximum Gasteiger partial charge on any atom is 0.0270 e. The maximum atomic E-state index is 3.28. The molecule has 1 saturated heterocycles. The summed E-state index contributed by atoms with van der Waals surface area (Å²) in [5.74, 6) is 0. The number of aryl methyl sites for hydroxylation is 1. The topological polar surface area (TPSA) is 15.3 Å². The smallest absolute Gasteiger partial charge is 0.0270 e. The third-order valence-corrected chi connectivity index (χ3v) is 2.95. The van der Waals surface area contributed by atoms with Crippen molar-refractivity contribution in [2.45, 2.75) is 26.2 Å². The van der Waals surface area contributed by atoms with E-state index in [1.165, 1.54) is 30.5 Å². The molecule has 0 unspecified atom stereocenters. The summed E-state index contributed by atoms with van der Waals surface area (Å²) >= 11 is 0. The first kappa shape index (κ1) is 10.7. The fourth-order valence-corrected chi connectivity index (χ4v) is 1.89. The van der Waals surface area contributed by atoms with Crippen LogP contribution in [0.4, 0.5) is 0 Å². The van der Waals surface area contributed by atoms with Crippen LogP contribution < -0.4 is 5.43 Å². The Hall–Kier alpha value is -0.860. The summed E-state index contributed by atoms with van der Waals surface area (Å²) in [6.07, 6.45) is 3.59. The minimum absolute atomic E-state index is 1.13. The zero-order chi connectivity index (χ0) is 10.5. The van der Waals surface area contributed by atoms with Crippen LogP contribution in [0.2, 0.25) is 0 Å². The summed E-state index contributed by atoms with van der Waals surface area (Å²) in [4.78, 5) is 0. The molecule has 2 heteroatoms. The van der Waals surface area contributed by atoms with Gasteiger partial charge in [0.1, 0.15) is 0 Å². The van der Waals surface area contributed by atoms with Gasteiger partial charge in [-0.05, 0) is 24.0 Å². The van der Waals surface area contributed by atoms with Crippen LogP contribution in [-0.2, 0) is 12.8 Å². The first-order valence-corrected chi connectivity index (χ1v) is 5.95. The molecule has 0 bridgehead atoms. The lowest BCUT2D eigenvalue weighted by molar-refractivity contribution is 0.104. The molecule has 2 nitrogen and oxygen atoms in total. The number of benzene rings is 1. The van der Waals surface area contributed by atoms with Gasteiger partial charge in [0.15, 0.2) is 0 Å². The molecule has 1 aliphatic rings. The number of hydrazine groups is 1. The molecule has 1 aromatic rings. The quantitative estimate of drug-likeness (QED) is 0.789. The first-order valence-electron chi connectivity index (χ1n) is 5.95.